The number of benzene rings is 8. The average Bonchev–Trinajstić information content (AvgIpc) is 0.930. The van der Waals surface area contributed by atoms with Crippen molar-refractivity contribution in [1.82, 2.24) is 0 Å². The van der Waals surface area contributed by atoms with Crippen LogP contribution in [0, 0.1) is 209 Å². The fourth-order valence-electron chi connectivity index (χ4n) is 7.98. The molecule has 0 aromatic heterocycles. The molecule has 0 unspecified atom stereocenters. The van der Waals surface area contributed by atoms with Crippen LogP contribution in [0.25, 0.3) is 0 Å². The first-order chi connectivity index (χ1) is 41.2. The molecule has 472 valence electrons. The van der Waals surface area contributed by atoms with Crippen molar-refractivity contribution >= 4 is 32.7 Å². The van der Waals surface area contributed by atoms with Crippen LogP contribution in [0.4, 0.5) is 158 Å². The molecule has 0 aliphatic rings. The molecule has 0 saturated heterocycles. The first-order valence-corrected chi connectivity index (χ1v) is 27.1. The van der Waals surface area contributed by atoms with Crippen LogP contribution >= 0.6 is 0 Å². The topological polar surface area (TPSA) is 36.9 Å². The van der Waals surface area contributed by atoms with Gasteiger partial charge in [-0.2, -0.15) is 0 Å². The SMILES string of the molecule is Fc1c(F)c(F)c(Oc2c(F)c(F)[c]([Sn]([c]3c(F)c(F)c(Oc4c(F)c(F)c(F)c(F)c4F)c(F)c3F)([c]3c(F)c(F)c(Oc4c(F)c(F)c(F)c(F)c4F)c(F)c3F)[c]3c(F)c(F)c(Oc4c(F)c(F)c(F)c(F)c4F)c(F)c3F)c(F)c2F)c(F)c1F. The van der Waals surface area contributed by atoms with E-state index >= 15 is 70.2 Å². The van der Waals surface area contributed by atoms with Crippen LogP contribution in [-0.4, -0.2) is 18.4 Å². The van der Waals surface area contributed by atoms with Crippen molar-refractivity contribution < 1.29 is 177 Å². The molecule has 0 saturated carbocycles. The second-order valence-electron chi connectivity index (χ2n) is 16.6. The van der Waals surface area contributed by atoms with Crippen LogP contribution in [-0.2, 0) is 0 Å². The Balaban J connectivity index is 1.67. The predicted molar refractivity (Wildman–Crippen MR) is 215 cm³/mol. The second-order valence-corrected chi connectivity index (χ2v) is 26.6. The van der Waals surface area contributed by atoms with Crippen molar-refractivity contribution in [3.63, 3.8) is 0 Å². The van der Waals surface area contributed by atoms with Gasteiger partial charge in [-0.1, -0.05) is 0 Å². The predicted octanol–water partition coefficient (Wildman–Crippen LogP) is 15.2. The summed E-state index contributed by atoms with van der Waals surface area (Å²) in [6.07, 6.45) is 0. The van der Waals surface area contributed by atoms with E-state index in [9.17, 15) is 87.8 Å². The normalized spacial score (nSPS) is 11.8. The molecule has 4 nitrogen and oxygen atoms in total. The number of rotatable bonds is 12. The van der Waals surface area contributed by atoms with Gasteiger partial charge in [0.15, 0.2) is 0 Å². The van der Waals surface area contributed by atoms with Gasteiger partial charge in [-0.15, -0.1) is 0 Å². The Morgan fingerprint density at radius 1 is 0.112 bits per heavy atom. The van der Waals surface area contributed by atoms with Crippen molar-refractivity contribution in [3.05, 3.63) is 209 Å². The Kier molecular flexibility index (Phi) is 17.1. The summed E-state index contributed by atoms with van der Waals surface area (Å²) in [5.41, 5.74) is 0. The average molecular weight is 1440 g/mol. The third kappa shape index (κ3) is 9.49. The standard InChI is InChI=1S/4C12F9O.Sn/c4*13-2-1-3(14)5(16)11(4(2)15)22-12-9(20)7(18)6(17)8(19)10(12)21;. The number of hydrogen-bond donors (Lipinski definition) is 0. The van der Waals surface area contributed by atoms with Gasteiger partial charge in [0.25, 0.3) is 0 Å². The summed E-state index contributed by atoms with van der Waals surface area (Å²) in [6.45, 7) is 0. The number of hydrogen-bond acceptors (Lipinski definition) is 4. The summed E-state index contributed by atoms with van der Waals surface area (Å²) in [4.78, 5) is 0. The Morgan fingerprint density at radius 3 is 0.292 bits per heavy atom. The molecule has 0 fully saturated rings. The third-order valence-corrected chi connectivity index (χ3v) is 25.5. The van der Waals surface area contributed by atoms with Crippen molar-refractivity contribution in [1.29, 1.82) is 0 Å². The van der Waals surface area contributed by atoms with Gasteiger partial charge in [0.2, 0.25) is 0 Å². The van der Waals surface area contributed by atoms with Gasteiger partial charge in [-0.25, -0.2) is 0 Å². The van der Waals surface area contributed by atoms with E-state index in [2.05, 4.69) is 18.9 Å². The quantitative estimate of drug-likeness (QED) is 0.0529. The van der Waals surface area contributed by atoms with Crippen molar-refractivity contribution in [2.24, 2.45) is 0 Å². The van der Waals surface area contributed by atoms with Crippen molar-refractivity contribution in [3.8, 4) is 46.0 Å². The molecular formula is C48F36O4Sn. The minimum atomic E-state index is -11.4. The van der Waals surface area contributed by atoms with Crippen LogP contribution < -0.4 is 33.3 Å². The summed E-state index contributed by atoms with van der Waals surface area (Å²) in [6, 6.07) is 0. The minimum absolute atomic E-state index is 3.19. The van der Waals surface area contributed by atoms with Gasteiger partial charge in [-0.3, -0.25) is 0 Å². The summed E-state index contributed by atoms with van der Waals surface area (Å²) in [7, 11) is 0. The molecule has 0 N–H and O–H groups in total. The molecule has 0 amide bonds. The van der Waals surface area contributed by atoms with E-state index in [1.807, 2.05) is 0 Å². The van der Waals surface area contributed by atoms with Crippen LogP contribution in [0.15, 0.2) is 0 Å². The monoisotopic (exact) mass is 1440 g/mol. The van der Waals surface area contributed by atoms with Crippen LogP contribution in [0.2, 0.25) is 0 Å². The Hall–Kier alpha value is -8.76. The van der Waals surface area contributed by atoms with Gasteiger partial charge in [0.1, 0.15) is 0 Å². The number of ether oxygens (including phenoxy) is 4. The van der Waals surface area contributed by atoms with Crippen LogP contribution in [0.3, 0.4) is 0 Å². The van der Waals surface area contributed by atoms with E-state index < -0.39 is 288 Å². The maximum atomic E-state index is 17.3. The van der Waals surface area contributed by atoms with Crippen molar-refractivity contribution in [2.75, 3.05) is 0 Å². The maximum absolute atomic E-state index is 17.3. The number of halogens is 36. The molecule has 0 aliphatic carbocycles. The van der Waals surface area contributed by atoms with Crippen molar-refractivity contribution in [2.45, 2.75) is 0 Å². The Morgan fingerprint density at radius 2 is 0.191 bits per heavy atom. The van der Waals surface area contributed by atoms with E-state index in [0.29, 0.717) is 0 Å². The molecule has 0 spiro atoms. The molecule has 0 atom stereocenters. The van der Waals surface area contributed by atoms with Gasteiger partial charge in [0, 0.05) is 0 Å². The fraction of sp³-hybridized carbons (Fsp3) is 0. The van der Waals surface area contributed by atoms with Gasteiger partial charge < -0.3 is 0 Å². The molecule has 89 heavy (non-hydrogen) atoms. The summed E-state index contributed by atoms with van der Waals surface area (Å²) in [5.74, 6) is -162. The summed E-state index contributed by atoms with van der Waals surface area (Å²) >= 11 is -11.4. The summed E-state index contributed by atoms with van der Waals surface area (Å²) in [5, 5.41) is 0. The molecular weight excluding hydrogens is 1440 g/mol. The fourth-order valence-corrected chi connectivity index (χ4v) is 22.3. The summed E-state index contributed by atoms with van der Waals surface area (Å²) < 4.78 is 556. The van der Waals surface area contributed by atoms with E-state index in [-0.39, 0.29) is 0 Å². The molecule has 41 heteroatoms. The molecule has 0 aliphatic heterocycles. The van der Waals surface area contributed by atoms with Crippen LogP contribution in [0.5, 0.6) is 46.0 Å². The third-order valence-electron chi connectivity index (χ3n) is 11.9. The molecule has 0 bridgehead atoms. The first-order valence-electron chi connectivity index (χ1n) is 21.4. The van der Waals surface area contributed by atoms with E-state index in [4.69, 9.17) is 0 Å². The van der Waals surface area contributed by atoms with E-state index in [1.165, 1.54) is 0 Å². The first kappa shape index (κ1) is 66.2. The molecule has 8 aromatic carbocycles. The molecule has 8 rings (SSSR count). The molecule has 0 heterocycles. The zero-order chi connectivity index (χ0) is 67.0. The van der Waals surface area contributed by atoms with E-state index in [1.54, 1.807) is 0 Å². The Labute approximate surface area is 464 Å². The Bertz CT molecular complexity index is 3680. The van der Waals surface area contributed by atoms with Crippen LogP contribution in [0.1, 0.15) is 0 Å². The van der Waals surface area contributed by atoms with Gasteiger partial charge in [-0.05, 0) is 0 Å². The molecule has 0 radical (unpaired) electrons. The zero-order valence-corrected chi connectivity index (χ0v) is 42.6. The van der Waals surface area contributed by atoms with Gasteiger partial charge in [0.05, 0.1) is 0 Å². The van der Waals surface area contributed by atoms with E-state index in [0.717, 1.165) is 0 Å². The molecule has 8 aromatic rings. The zero-order valence-electron chi connectivity index (χ0n) is 39.7. The van der Waals surface area contributed by atoms with Gasteiger partial charge >= 0.3 is 465 Å². The second kappa shape index (κ2) is 23.0.